The molecule has 0 aliphatic rings. The summed E-state index contributed by atoms with van der Waals surface area (Å²) in [6.45, 7) is 0.730. The summed E-state index contributed by atoms with van der Waals surface area (Å²) >= 11 is 0. The maximum atomic E-state index is 11.7. The van der Waals surface area contributed by atoms with E-state index in [-0.39, 0.29) is 11.8 Å². The van der Waals surface area contributed by atoms with Crippen LogP contribution in [0.3, 0.4) is 0 Å². The van der Waals surface area contributed by atoms with Crippen LogP contribution < -0.4 is 10.6 Å². The number of furan rings is 1. The number of rotatable bonds is 5. The van der Waals surface area contributed by atoms with Crippen LogP contribution >= 0.6 is 0 Å². The van der Waals surface area contributed by atoms with Crippen LogP contribution in [0.15, 0.2) is 41.3 Å². The van der Waals surface area contributed by atoms with E-state index < -0.39 is 0 Å². The van der Waals surface area contributed by atoms with Crippen LogP contribution in [0.1, 0.15) is 20.8 Å². The van der Waals surface area contributed by atoms with E-state index in [1.54, 1.807) is 36.0 Å². The Balaban J connectivity index is 1.71. The number of amides is 2. The smallest absolute Gasteiger partial charge is 0.267 e. The highest BCUT2D eigenvalue weighted by molar-refractivity contribution is 5.94. The monoisotopic (exact) mass is 261 g/mol. The second-order valence-electron chi connectivity index (χ2n) is 4.03. The number of carbonyl (C=O) groups is 2. The molecule has 0 aliphatic heterocycles. The minimum atomic E-state index is -0.220. The Hall–Kier alpha value is -2.50. The van der Waals surface area contributed by atoms with Gasteiger partial charge in [0.25, 0.3) is 11.8 Å². The zero-order chi connectivity index (χ0) is 13.7. The molecule has 0 fully saturated rings. The Kier molecular flexibility index (Phi) is 4.02. The summed E-state index contributed by atoms with van der Waals surface area (Å²) in [5.74, 6) is -0.382. The molecule has 0 saturated heterocycles. The second-order valence-corrected chi connectivity index (χ2v) is 4.03. The van der Waals surface area contributed by atoms with Crippen molar-refractivity contribution in [1.82, 2.24) is 15.2 Å². The Bertz CT molecular complexity index is 557. The third-order valence-electron chi connectivity index (χ3n) is 2.66. The zero-order valence-corrected chi connectivity index (χ0v) is 10.6. The van der Waals surface area contributed by atoms with E-state index in [4.69, 9.17) is 4.42 Å². The molecule has 0 spiro atoms. The van der Waals surface area contributed by atoms with E-state index >= 15 is 0 Å². The fourth-order valence-electron chi connectivity index (χ4n) is 1.64. The summed E-state index contributed by atoms with van der Waals surface area (Å²) in [4.78, 5) is 23.3. The lowest BCUT2D eigenvalue weighted by Crippen LogP contribution is -2.35. The lowest BCUT2D eigenvalue weighted by molar-refractivity contribution is 0.0923. The number of hydrogen-bond acceptors (Lipinski definition) is 3. The number of carbonyl (C=O) groups excluding carboxylic acids is 2. The first-order valence-corrected chi connectivity index (χ1v) is 5.88. The molecular formula is C13H15N3O3. The van der Waals surface area contributed by atoms with Gasteiger partial charge in [-0.05, 0) is 18.2 Å². The maximum absolute atomic E-state index is 11.7. The standard InChI is InChI=1S/C13H15N3O3/c1-16-7-2-3-11(16)13(18)15-6-5-14-12(17)10-4-8-19-9-10/h2-4,7-9H,5-6H2,1H3,(H,14,17)(H,15,18). The predicted octanol–water partition coefficient (Wildman–Crippen LogP) is 0.778. The van der Waals surface area contributed by atoms with Crippen molar-refractivity contribution in [3.63, 3.8) is 0 Å². The Morgan fingerprint density at radius 3 is 2.53 bits per heavy atom. The van der Waals surface area contributed by atoms with Crippen molar-refractivity contribution in [2.75, 3.05) is 13.1 Å². The molecule has 6 nitrogen and oxygen atoms in total. The van der Waals surface area contributed by atoms with Crippen molar-refractivity contribution in [2.45, 2.75) is 0 Å². The van der Waals surface area contributed by atoms with E-state index in [1.807, 2.05) is 0 Å². The van der Waals surface area contributed by atoms with Gasteiger partial charge >= 0.3 is 0 Å². The van der Waals surface area contributed by atoms with Crippen molar-refractivity contribution in [1.29, 1.82) is 0 Å². The molecule has 2 N–H and O–H groups in total. The van der Waals surface area contributed by atoms with Crippen LogP contribution in [0, 0.1) is 0 Å². The highest BCUT2D eigenvalue weighted by Gasteiger charge is 2.08. The number of aromatic nitrogens is 1. The normalized spacial score (nSPS) is 10.2. The van der Waals surface area contributed by atoms with Gasteiger partial charge in [-0.15, -0.1) is 0 Å². The van der Waals surface area contributed by atoms with Gasteiger partial charge in [0, 0.05) is 26.3 Å². The van der Waals surface area contributed by atoms with Gasteiger partial charge in [0.05, 0.1) is 11.8 Å². The quantitative estimate of drug-likeness (QED) is 0.781. The first-order valence-electron chi connectivity index (χ1n) is 5.88. The summed E-state index contributed by atoms with van der Waals surface area (Å²) in [5, 5.41) is 5.41. The van der Waals surface area contributed by atoms with Gasteiger partial charge in [-0.2, -0.15) is 0 Å². The summed E-state index contributed by atoms with van der Waals surface area (Å²) in [5.41, 5.74) is 1.05. The highest BCUT2D eigenvalue weighted by atomic mass is 16.3. The van der Waals surface area contributed by atoms with Crippen LogP contribution in [0.4, 0.5) is 0 Å². The average molecular weight is 261 g/mol. The van der Waals surface area contributed by atoms with Crippen LogP contribution in [0.25, 0.3) is 0 Å². The van der Waals surface area contributed by atoms with Crippen LogP contribution in [0.2, 0.25) is 0 Å². The van der Waals surface area contributed by atoms with Gasteiger partial charge in [0.1, 0.15) is 12.0 Å². The van der Waals surface area contributed by atoms with E-state index in [1.165, 1.54) is 12.5 Å². The molecule has 0 aromatic carbocycles. The molecule has 6 heteroatoms. The fraction of sp³-hybridized carbons (Fsp3) is 0.231. The van der Waals surface area contributed by atoms with Crippen LogP contribution in [0.5, 0.6) is 0 Å². The molecule has 19 heavy (non-hydrogen) atoms. The zero-order valence-electron chi connectivity index (χ0n) is 10.6. The number of hydrogen-bond donors (Lipinski definition) is 2. The van der Waals surface area contributed by atoms with E-state index in [9.17, 15) is 9.59 Å². The molecule has 2 amide bonds. The van der Waals surface area contributed by atoms with Crippen molar-refractivity contribution in [3.05, 3.63) is 48.2 Å². The highest BCUT2D eigenvalue weighted by Crippen LogP contribution is 1.99. The molecule has 0 saturated carbocycles. The first kappa shape index (κ1) is 12.9. The van der Waals surface area contributed by atoms with Crippen molar-refractivity contribution in [2.24, 2.45) is 7.05 Å². The molecule has 0 aliphatic carbocycles. The third kappa shape index (κ3) is 3.25. The van der Waals surface area contributed by atoms with Gasteiger partial charge in [-0.3, -0.25) is 9.59 Å². The molecular weight excluding hydrogens is 246 g/mol. The summed E-state index contributed by atoms with van der Waals surface area (Å²) < 4.78 is 6.54. The average Bonchev–Trinajstić information content (AvgIpc) is 3.04. The molecule has 0 atom stereocenters. The largest absolute Gasteiger partial charge is 0.472 e. The van der Waals surface area contributed by atoms with E-state index in [0.717, 1.165) is 0 Å². The molecule has 2 heterocycles. The molecule has 0 radical (unpaired) electrons. The first-order chi connectivity index (χ1) is 9.18. The predicted molar refractivity (Wildman–Crippen MR) is 68.8 cm³/mol. The van der Waals surface area contributed by atoms with Crippen LogP contribution in [-0.2, 0) is 7.05 Å². The fourth-order valence-corrected chi connectivity index (χ4v) is 1.64. The molecule has 2 rings (SSSR count). The minimum absolute atomic E-state index is 0.162. The summed E-state index contributed by atoms with van der Waals surface area (Å²) in [6.07, 6.45) is 4.61. The summed E-state index contributed by atoms with van der Waals surface area (Å²) in [6, 6.07) is 5.12. The lowest BCUT2D eigenvalue weighted by Gasteiger charge is -2.07. The van der Waals surface area contributed by atoms with E-state index in [2.05, 4.69) is 10.6 Å². The summed E-state index contributed by atoms with van der Waals surface area (Å²) in [7, 11) is 1.80. The van der Waals surface area contributed by atoms with Gasteiger partial charge in [-0.25, -0.2) is 0 Å². The number of nitrogens with zero attached hydrogens (tertiary/aromatic N) is 1. The van der Waals surface area contributed by atoms with Crippen molar-refractivity contribution >= 4 is 11.8 Å². The minimum Gasteiger partial charge on any atom is -0.472 e. The van der Waals surface area contributed by atoms with Crippen LogP contribution in [-0.4, -0.2) is 29.5 Å². The van der Waals surface area contributed by atoms with Gasteiger partial charge in [-0.1, -0.05) is 0 Å². The van der Waals surface area contributed by atoms with Gasteiger partial charge in [0.15, 0.2) is 0 Å². The van der Waals surface area contributed by atoms with Gasteiger partial charge in [0.2, 0.25) is 0 Å². The molecule has 100 valence electrons. The Labute approximate surface area is 110 Å². The van der Waals surface area contributed by atoms with Crippen molar-refractivity contribution < 1.29 is 14.0 Å². The Morgan fingerprint density at radius 1 is 1.21 bits per heavy atom. The second kappa shape index (κ2) is 5.90. The number of nitrogens with one attached hydrogen (secondary N) is 2. The molecule has 2 aromatic rings. The Morgan fingerprint density at radius 2 is 1.95 bits per heavy atom. The molecule has 0 unspecified atom stereocenters. The van der Waals surface area contributed by atoms with Crippen molar-refractivity contribution in [3.8, 4) is 0 Å². The van der Waals surface area contributed by atoms with Gasteiger partial charge < -0.3 is 19.6 Å². The number of aryl methyl sites for hydroxylation is 1. The molecule has 2 aromatic heterocycles. The van der Waals surface area contributed by atoms with E-state index in [0.29, 0.717) is 24.3 Å². The topological polar surface area (TPSA) is 76.3 Å². The lowest BCUT2D eigenvalue weighted by atomic mass is 10.3. The maximum Gasteiger partial charge on any atom is 0.267 e. The SMILES string of the molecule is Cn1cccc1C(=O)NCCNC(=O)c1ccoc1. The third-order valence-corrected chi connectivity index (χ3v) is 2.66. The molecule has 0 bridgehead atoms.